The summed E-state index contributed by atoms with van der Waals surface area (Å²) in [5, 5.41) is -0.0599. The van der Waals surface area contributed by atoms with E-state index in [-0.39, 0.29) is 11.6 Å². The second-order valence-corrected chi connectivity index (χ2v) is 6.91. The molecule has 0 spiro atoms. The lowest BCUT2D eigenvalue weighted by Gasteiger charge is -2.04. The number of rotatable bonds is 10. The van der Waals surface area contributed by atoms with Gasteiger partial charge in [0.15, 0.2) is 0 Å². The third kappa shape index (κ3) is 5.99. The Morgan fingerprint density at radius 3 is 2.63 bits per heavy atom. The molecule has 7 heteroatoms. The first-order valence-corrected chi connectivity index (χ1v) is 9.25. The van der Waals surface area contributed by atoms with Crippen LogP contribution in [0, 0.1) is 0 Å². The summed E-state index contributed by atoms with van der Waals surface area (Å²) in [6.07, 6.45) is 6.30. The highest BCUT2D eigenvalue weighted by atomic mass is 32.2. The van der Waals surface area contributed by atoms with Crippen LogP contribution in [0.1, 0.15) is 31.4 Å². The van der Waals surface area contributed by atoms with E-state index < -0.39 is 10.0 Å². The molecular weight excluding hydrogens is 284 g/mol. The molecule has 1 aromatic rings. The molecule has 0 unspecified atom stereocenters. The van der Waals surface area contributed by atoms with E-state index >= 15 is 0 Å². The van der Waals surface area contributed by atoms with Gasteiger partial charge in [0.25, 0.3) is 10.0 Å². The second kappa shape index (κ2) is 8.63. The van der Waals surface area contributed by atoms with Crippen molar-refractivity contribution in [2.75, 3.05) is 18.6 Å². The van der Waals surface area contributed by atoms with Gasteiger partial charge in [0.05, 0.1) is 6.54 Å². The molecule has 0 aliphatic carbocycles. The first-order chi connectivity index (χ1) is 9.10. The highest BCUT2D eigenvalue weighted by Crippen LogP contribution is 2.13. The Kier molecular flexibility index (Phi) is 7.52. The van der Waals surface area contributed by atoms with E-state index in [9.17, 15) is 8.42 Å². The molecule has 0 bridgehead atoms. The fourth-order valence-electron chi connectivity index (χ4n) is 1.61. The zero-order chi connectivity index (χ0) is 14.1. The van der Waals surface area contributed by atoms with Crippen LogP contribution >= 0.6 is 11.8 Å². The number of furan rings is 1. The van der Waals surface area contributed by atoms with Crippen LogP contribution in [0.15, 0.2) is 21.6 Å². The number of nitrogens with two attached hydrogens (primary N) is 1. The van der Waals surface area contributed by atoms with E-state index in [1.807, 2.05) is 11.8 Å². The van der Waals surface area contributed by atoms with Crippen molar-refractivity contribution in [1.82, 2.24) is 4.72 Å². The standard InChI is InChI=1S/C12H22N2O3S2/c1-18-9-5-3-2-4-8-14-19(15,16)12-7-6-11(10-13)17-12/h6-7,14H,2-5,8-10,13H2,1H3. The SMILES string of the molecule is CSCCCCCCNS(=O)(=O)c1ccc(CN)o1. The molecule has 3 N–H and O–H groups in total. The van der Waals surface area contributed by atoms with Crippen molar-refractivity contribution in [3.05, 3.63) is 17.9 Å². The molecule has 0 aliphatic heterocycles. The first kappa shape index (κ1) is 16.6. The molecule has 0 saturated carbocycles. The smallest absolute Gasteiger partial charge is 0.273 e. The maximum absolute atomic E-state index is 11.8. The van der Waals surface area contributed by atoms with Crippen LogP contribution in [-0.2, 0) is 16.6 Å². The van der Waals surface area contributed by atoms with Gasteiger partial charge in [-0.3, -0.25) is 0 Å². The highest BCUT2D eigenvalue weighted by Gasteiger charge is 2.17. The van der Waals surface area contributed by atoms with Crippen LogP contribution in [0.3, 0.4) is 0 Å². The Labute approximate surface area is 119 Å². The molecule has 0 aliphatic rings. The third-order valence-electron chi connectivity index (χ3n) is 2.67. The van der Waals surface area contributed by atoms with Gasteiger partial charge in [-0.15, -0.1) is 0 Å². The Morgan fingerprint density at radius 2 is 2.00 bits per heavy atom. The van der Waals surface area contributed by atoms with E-state index in [2.05, 4.69) is 11.0 Å². The van der Waals surface area contributed by atoms with E-state index in [0.717, 1.165) is 19.3 Å². The number of hydrogen-bond acceptors (Lipinski definition) is 5. The molecule has 0 fully saturated rings. The summed E-state index contributed by atoms with van der Waals surface area (Å²) in [6.45, 7) is 0.644. The summed E-state index contributed by atoms with van der Waals surface area (Å²) in [5.74, 6) is 1.64. The predicted octanol–water partition coefficient (Wildman–Crippen LogP) is 1.94. The van der Waals surface area contributed by atoms with E-state index in [0.29, 0.717) is 12.3 Å². The van der Waals surface area contributed by atoms with Gasteiger partial charge >= 0.3 is 0 Å². The molecule has 1 heterocycles. The van der Waals surface area contributed by atoms with Crippen molar-refractivity contribution in [2.24, 2.45) is 5.73 Å². The number of nitrogens with one attached hydrogen (secondary N) is 1. The Bertz CT molecular complexity index is 457. The minimum absolute atomic E-state index is 0.0599. The Morgan fingerprint density at radius 1 is 1.26 bits per heavy atom. The van der Waals surface area contributed by atoms with Crippen molar-refractivity contribution in [3.8, 4) is 0 Å². The van der Waals surface area contributed by atoms with Gasteiger partial charge in [-0.25, -0.2) is 13.1 Å². The summed E-state index contributed by atoms with van der Waals surface area (Å²) in [4.78, 5) is 0. The van der Waals surface area contributed by atoms with Crippen LogP contribution in [-0.4, -0.2) is 27.0 Å². The lowest BCUT2D eigenvalue weighted by Crippen LogP contribution is -2.24. The average Bonchev–Trinajstić information content (AvgIpc) is 2.87. The zero-order valence-electron chi connectivity index (χ0n) is 11.2. The monoisotopic (exact) mass is 306 g/mol. The fourth-order valence-corrected chi connectivity index (χ4v) is 3.13. The van der Waals surface area contributed by atoms with Crippen molar-refractivity contribution >= 4 is 21.8 Å². The molecule has 0 radical (unpaired) electrons. The lowest BCUT2D eigenvalue weighted by molar-refractivity contribution is 0.412. The second-order valence-electron chi connectivity index (χ2n) is 4.23. The van der Waals surface area contributed by atoms with Gasteiger partial charge in [-0.05, 0) is 37.0 Å². The topological polar surface area (TPSA) is 85.3 Å². The van der Waals surface area contributed by atoms with E-state index in [4.69, 9.17) is 10.2 Å². The molecule has 19 heavy (non-hydrogen) atoms. The van der Waals surface area contributed by atoms with Crippen molar-refractivity contribution < 1.29 is 12.8 Å². The van der Waals surface area contributed by atoms with E-state index in [1.54, 1.807) is 6.07 Å². The number of sulfonamides is 1. The van der Waals surface area contributed by atoms with Crippen molar-refractivity contribution in [3.63, 3.8) is 0 Å². The third-order valence-corrected chi connectivity index (χ3v) is 4.70. The van der Waals surface area contributed by atoms with Gasteiger partial charge in [0, 0.05) is 6.54 Å². The minimum atomic E-state index is -3.52. The van der Waals surface area contributed by atoms with Crippen LogP contribution < -0.4 is 10.5 Å². The van der Waals surface area contributed by atoms with Gasteiger partial charge in [-0.2, -0.15) is 11.8 Å². The molecule has 0 aromatic carbocycles. The zero-order valence-corrected chi connectivity index (χ0v) is 12.9. The predicted molar refractivity (Wildman–Crippen MR) is 78.6 cm³/mol. The van der Waals surface area contributed by atoms with Gasteiger partial charge in [-0.1, -0.05) is 12.8 Å². The van der Waals surface area contributed by atoms with Crippen molar-refractivity contribution in [1.29, 1.82) is 0 Å². The number of hydrogen-bond donors (Lipinski definition) is 2. The Hall–Kier alpha value is -0.500. The molecule has 0 amide bonds. The maximum Gasteiger partial charge on any atom is 0.273 e. The van der Waals surface area contributed by atoms with Gasteiger partial charge in [0.2, 0.25) is 5.09 Å². The molecule has 1 aromatic heterocycles. The van der Waals surface area contributed by atoms with Crippen LogP contribution in [0.25, 0.3) is 0 Å². The average molecular weight is 306 g/mol. The molecule has 5 nitrogen and oxygen atoms in total. The lowest BCUT2D eigenvalue weighted by atomic mass is 10.2. The van der Waals surface area contributed by atoms with Crippen molar-refractivity contribution in [2.45, 2.75) is 37.3 Å². The van der Waals surface area contributed by atoms with Crippen LogP contribution in [0.4, 0.5) is 0 Å². The fraction of sp³-hybridized carbons (Fsp3) is 0.667. The summed E-state index contributed by atoms with van der Waals surface area (Å²) >= 11 is 1.84. The van der Waals surface area contributed by atoms with E-state index in [1.165, 1.54) is 18.2 Å². The van der Waals surface area contributed by atoms with Gasteiger partial charge in [0.1, 0.15) is 5.76 Å². The largest absolute Gasteiger partial charge is 0.447 e. The van der Waals surface area contributed by atoms with Crippen LogP contribution in [0.2, 0.25) is 0 Å². The van der Waals surface area contributed by atoms with Gasteiger partial charge < -0.3 is 10.2 Å². The first-order valence-electron chi connectivity index (χ1n) is 6.37. The number of thioether (sulfide) groups is 1. The normalized spacial score (nSPS) is 11.9. The number of unbranched alkanes of at least 4 members (excludes halogenated alkanes) is 3. The minimum Gasteiger partial charge on any atom is -0.447 e. The maximum atomic E-state index is 11.8. The summed E-state index contributed by atoms with van der Waals surface area (Å²) in [5.41, 5.74) is 5.38. The summed E-state index contributed by atoms with van der Waals surface area (Å²) in [7, 11) is -3.52. The molecular formula is C12H22N2O3S2. The summed E-state index contributed by atoms with van der Waals surface area (Å²) < 4.78 is 31.4. The highest BCUT2D eigenvalue weighted by molar-refractivity contribution is 7.98. The van der Waals surface area contributed by atoms with Crippen LogP contribution in [0.5, 0.6) is 0 Å². The Balaban J connectivity index is 2.27. The molecule has 110 valence electrons. The summed E-state index contributed by atoms with van der Waals surface area (Å²) in [6, 6.07) is 3.01. The molecule has 0 atom stereocenters. The molecule has 1 rings (SSSR count). The molecule has 0 saturated heterocycles. The quantitative estimate of drug-likeness (QED) is 0.645.